The standard InChI is InChI=1S/C38H45N3O13/c1-7-51-38(46)54-34-28(47-3)12-20(13-29(34)48-4)36(44)53-30-14-21-18-41-11-10-24-23-9-8-22(52-31(43)17-39-19(2)42)15-26(23)40-33(24)27(41)16-25(21)32(35(30)49-5)37(45)50-6/h8-9,12-13,15,21,25,27,30,32,35,40H,7,10-11,14,16-18H2,1-6H3,(H,39,42)/t21-,25+,27-,30-,32+,35+/m1/s1. The van der Waals surface area contributed by atoms with Gasteiger partial charge in [-0.15, -0.1) is 0 Å². The zero-order valence-corrected chi connectivity index (χ0v) is 31.1. The first kappa shape index (κ1) is 38.4. The van der Waals surface area contributed by atoms with Crippen LogP contribution in [-0.2, 0) is 39.8 Å². The summed E-state index contributed by atoms with van der Waals surface area (Å²) in [5.74, 6) is -2.58. The Morgan fingerprint density at radius 1 is 0.963 bits per heavy atom. The molecule has 1 aliphatic carbocycles. The highest BCUT2D eigenvalue weighted by Crippen LogP contribution is 2.51. The number of ether oxygens (including phenoxy) is 8. The number of amides is 1. The number of hydrogen-bond acceptors (Lipinski definition) is 14. The van der Waals surface area contributed by atoms with E-state index in [0.29, 0.717) is 25.1 Å². The molecule has 3 aromatic rings. The fraction of sp³-hybridized carbons (Fsp3) is 0.500. The lowest BCUT2D eigenvalue weighted by Crippen LogP contribution is -2.58. The summed E-state index contributed by atoms with van der Waals surface area (Å²) in [6.45, 7) is 4.25. The van der Waals surface area contributed by atoms with Gasteiger partial charge in [-0.1, -0.05) is 0 Å². The van der Waals surface area contributed by atoms with Crippen LogP contribution in [0.5, 0.6) is 23.0 Å². The second-order valence-electron chi connectivity index (χ2n) is 13.5. The average molecular weight is 752 g/mol. The van der Waals surface area contributed by atoms with E-state index in [1.165, 1.54) is 53.1 Å². The van der Waals surface area contributed by atoms with Crippen molar-refractivity contribution in [2.45, 2.75) is 51.4 Å². The van der Waals surface area contributed by atoms with Gasteiger partial charge in [0.15, 0.2) is 11.5 Å². The minimum Gasteiger partial charge on any atom is -0.493 e. The zero-order valence-electron chi connectivity index (χ0n) is 31.1. The number of fused-ring (bicyclic) bond motifs is 6. The molecule has 0 spiro atoms. The first-order chi connectivity index (χ1) is 26.0. The highest BCUT2D eigenvalue weighted by atomic mass is 16.7. The summed E-state index contributed by atoms with van der Waals surface area (Å²) >= 11 is 0. The number of rotatable bonds is 11. The van der Waals surface area contributed by atoms with Crippen LogP contribution in [0.2, 0.25) is 0 Å². The van der Waals surface area contributed by atoms with E-state index in [1.54, 1.807) is 19.1 Å². The number of H-pyrrole nitrogens is 1. The van der Waals surface area contributed by atoms with Crippen LogP contribution in [-0.4, -0.2) is 107 Å². The Kier molecular flexibility index (Phi) is 11.6. The number of piperidine rings is 1. The van der Waals surface area contributed by atoms with Crippen molar-refractivity contribution >= 4 is 40.9 Å². The van der Waals surface area contributed by atoms with E-state index in [4.69, 9.17) is 37.9 Å². The fourth-order valence-corrected chi connectivity index (χ4v) is 8.19. The maximum Gasteiger partial charge on any atom is 0.514 e. The van der Waals surface area contributed by atoms with Crippen LogP contribution < -0.4 is 24.3 Å². The molecule has 0 radical (unpaired) electrons. The maximum absolute atomic E-state index is 13.7. The molecule has 16 nitrogen and oxygen atoms in total. The third kappa shape index (κ3) is 7.66. The predicted octanol–water partition coefficient (Wildman–Crippen LogP) is 3.73. The fourth-order valence-electron chi connectivity index (χ4n) is 8.19. The molecule has 1 aromatic heterocycles. The number of carbonyl (C=O) groups is 5. The molecule has 6 atom stereocenters. The number of methoxy groups -OCH3 is 4. The average Bonchev–Trinajstić information content (AvgIpc) is 3.53. The lowest BCUT2D eigenvalue weighted by atomic mass is 9.63. The minimum absolute atomic E-state index is 0.0282. The van der Waals surface area contributed by atoms with Gasteiger partial charge < -0.3 is 48.2 Å². The zero-order chi connectivity index (χ0) is 38.7. The van der Waals surface area contributed by atoms with Gasteiger partial charge in [0.25, 0.3) is 0 Å². The van der Waals surface area contributed by atoms with E-state index in [1.807, 2.05) is 6.07 Å². The van der Waals surface area contributed by atoms with Crippen molar-refractivity contribution in [3.05, 3.63) is 47.2 Å². The monoisotopic (exact) mass is 751 g/mol. The van der Waals surface area contributed by atoms with E-state index >= 15 is 0 Å². The molecule has 0 bridgehead atoms. The Labute approximate surface area is 311 Å². The van der Waals surface area contributed by atoms with Crippen molar-refractivity contribution in [3.63, 3.8) is 0 Å². The van der Waals surface area contributed by atoms with E-state index in [9.17, 15) is 24.0 Å². The van der Waals surface area contributed by atoms with Crippen LogP contribution >= 0.6 is 0 Å². The number of nitrogens with zero attached hydrogens (tertiary/aromatic N) is 1. The number of carbonyl (C=O) groups excluding carboxylic acids is 5. The van der Waals surface area contributed by atoms with Crippen molar-refractivity contribution in [2.75, 3.05) is 54.7 Å². The smallest absolute Gasteiger partial charge is 0.493 e. The van der Waals surface area contributed by atoms with Gasteiger partial charge in [0.05, 0.1) is 45.5 Å². The van der Waals surface area contributed by atoms with Gasteiger partial charge in [0.1, 0.15) is 24.5 Å². The number of esters is 3. The second kappa shape index (κ2) is 16.3. The first-order valence-corrected chi connectivity index (χ1v) is 17.8. The van der Waals surface area contributed by atoms with Gasteiger partial charge in [-0.25, -0.2) is 14.4 Å². The van der Waals surface area contributed by atoms with Crippen molar-refractivity contribution in [1.82, 2.24) is 15.2 Å². The molecule has 54 heavy (non-hydrogen) atoms. The van der Waals surface area contributed by atoms with Gasteiger partial charge in [-0.05, 0) is 67.9 Å². The van der Waals surface area contributed by atoms with Gasteiger partial charge in [0, 0.05) is 49.8 Å². The number of aromatic amines is 1. The molecule has 6 rings (SSSR count). The summed E-state index contributed by atoms with van der Waals surface area (Å²) in [6.07, 6.45) is -0.711. The van der Waals surface area contributed by atoms with Crippen molar-refractivity contribution < 1.29 is 61.9 Å². The van der Waals surface area contributed by atoms with E-state index in [-0.39, 0.29) is 59.7 Å². The van der Waals surface area contributed by atoms with Crippen molar-refractivity contribution in [2.24, 2.45) is 17.8 Å². The molecule has 2 aliphatic heterocycles. The molecule has 0 unspecified atom stereocenters. The van der Waals surface area contributed by atoms with Gasteiger partial charge >= 0.3 is 24.1 Å². The summed E-state index contributed by atoms with van der Waals surface area (Å²) in [4.78, 5) is 68.8. The van der Waals surface area contributed by atoms with E-state index in [2.05, 4.69) is 15.2 Å². The number of aromatic nitrogens is 1. The molecule has 16 heteroatoms. The normalized spacial score (nSPS) is 23.1. The third-order valence-electron chi connectivity index (χ3n) is 10.5. The van der Waals surface area contributed by atoms with Gasteiger partial charge in [-0.3, -0.25) is 14.5 Å². The third-order valence-corrected chi connectivity index (χ3v) is 10.5. The molecule has 2 aromatic carbocycles. The molecule has 2 N–H and O–H groups in total. The van der Waals surface area contributed by atoms with E-state index < -0.39 is 42.2 Å². The largest absolute Gasteiger partial charge is 0.514 e. The molecule has 2 fully saturated rings. The predicted molar refractivity (Wildman–Crippen MR) is 190 cm³/mol. The second-order valence-corrected chi connectivity index (χ2v) is 13.5. The molecule has 1 amide bonds. The minimum atomic E-state index is -0.963. The molecule has 1 saturated heterocycles. The van der Waals surface area contributed by atoms with Crippen LogP contribution in [0.25, 0.3) is 10.9 Å². The molecular weight excluding hydrogens is 706 g/mol. The Morgan fingerprint density at radius 3 is 2.35 bits per heavy atom. The van der Waals surface area contributed by atoms with Crippen LogP contribution in [0.15, 0.2) is 30.3 Å². The Bertz CT molecular complexity index is 1900. The van der Waals surface area contributed by atoms with Crippen LogP contribution in [0.4, 0.5) is 4.79 Å². The summed E-state index contributed by atoms with van der Waals surface area (Å²) in [7, 11) is 5.53. The highest BCUT2D eigenvalue weighted by molar-refractivity contribution is 5.92. The number of nitrogens with one attached hydrogen (secondary N) is 2. The molecule has 3 heterocycles. The van der Waals surface area contributed by atoms with E-state index in [0.717, 1.165) is 29.6 Å². The van der Waals surface area contributed by atoms with Crippen LogP contribution in [0, 0.1) is 17.8 Å². The SMILES string of the molecule is CCOC(=O)Oc1c(OC)cc(C(=O)O[C@@H]2C[C@@H]3CN4CCc5c([nH]c6cc(OC(=O)CNC(C)=O)ccc56)[C@H]4C[C@@H]3[C@H](C(=O)OC)[C@H]2OC)cc1OC. The Hall–Kier alpha value is -5.35. The molecule has 290 valence electrons. The molecule has 1 saturated carbocycles. The Balaban J connectivity index is 1.23. The van der Waals surface area contributed by atoms with Crippen LogP contribution in [0.1, 0.15) is 54.3 Å². The lowest BCUT2D eigenvalue weighted by molar-refractivity contribution is -0.176. The lowest BCUT2D eigenvalue weighted by Gasteiger charge is -2.52. The summed E-state index contributed by atoms with van der Waals surface area (Å²) in [6, 6.07) is 8.16. The van der Waals surface area contributed by atoms with Crippen molar-refractivity contribution in [1.29, 1.82) is 0 Å². The number of hydrogen-bond donors (Lipinski definition) is 2. The first-order valence-electron chi connectivity index (χ1n) is 17.8. The summed E-state index contributed by atoms with van der Waals surface area (Å²) in [5, 5.41) is 3.46. The molecule has 3 aliphatic rings. The summed E-state index contributed by atoms with van der Waals surface area (Å²) < 4.78 is 43.8. The Morgan fingerprint density at radius 2 is 1.70 bits per heavy atom. The topological polar surface area (TPSA) is 190 Å². The molecular formula is C38H45N3O13. The summed E-state index contributed by atoms with van der Waals surface area (Å²) in [5.41, 5.74) is 3.10. The quantitative estimate of drug-likeness (QED) is 0.125. The van der Waals surface area contributed by atoms with Gasteiger partial charge in [-0.2, -0.15) is 0 Å². The highest BCUT2D eigenvalue weighted by Gasteiger charge is 2.54. The maximum atomic E-state index is 13.7. The van der Waals surface area contributed by atoms with Crippen LogP contribution in [0.3, 0.4) is 0 Å². The van der Waals surface area contributed by atoms with Gasteiger partial charge in [0.2, 0.25) is 11.7 Å². The number of benzene rings is 2. The van der Waals surface area contributed by atoms with Crippen molar-refractivity contribution in [3.8, 4) is 23.0 Å².